The number of carbonyl (C=O) groups is 1. The van der Waals surface area contributed by atoms with E-state index in [-0.39, 0.29) is 11.1 Å². The molecule has 2 rings (SSSR count). The molecule has 0 bridgehead atoms. The summed E-state index contributed by atoms with van der Waals surface area (Å²) >= 11 is 6.39. The second-order valence-corrected chi connectivity index (χ2v) is 5.56. The van der Waals surface area contributed by atoms with Gasteiger partial charge in [0.05, 0.1) is 22.8 Å². The number of aromatic carboxylic acids is 1. The Morgan fingerprint density at radius 3 is 2.00 bits per heavy atom. The molecule has 2 aromatic rings. The second kappa shape index (κ2) is 8.21. The molecule has 0 radical (unpaired) electrons. The molecule has 0 amide bonds. The fourth-order valence-electron chi connectivity index (χ4n) is 1.32. The molecule has 0 aliphatic heterocycles. The number of nitrogens with zero attached hydrogens (tertiary/aromatic N) is 2. The van der Waals surface area contributed by atoms with Crippen molar-refractivity contribution >= 4 is 37.8 Å². The van der Waals surface area contributed by atoms with E-state index in [0.29, 0.717) is 10.0 Å². The number of halogens is 2. The van der Waals surface area contributed by atoms with E-state index in [1.807, 2.05) is 18.2 Å². The lowest BCUT2D eigenvalue weighted by molar-refractivity contribution is 0.0696. The lowest BCUT2D eigenvalue weighted by Gasteiger charge is -1.97. The van der Waals surface area contributed by atoms with Crippen LogP contribution in [0.2, 0.25) is 0 Å². The molecule has 2 aromatic carbocycles. The smallest absolute Gasteiger partial charge is 0.337 e. The van der Waals surface area contributed by atoms with Crippen LogP contribution in [0.5, 0.6) is 0 Å². The Labute approximate surface area is 138 Å². The van der Waals surface area contributed by atoms with Crippen LogP contribution in [-0.4, -0.2) is 11.1 Å². The van der Waals surface area contributed by atoms with Gasteiger partial charge in [0.15, 0.2) is 0 Å². The topological polar surface area (TPSA) is 84.9 Å². The average molecular weight is 408 g/mol. The molecule has 4 nitrogen and oxygen atoms in total. The van der Waals surface area contributed by atoms with Crippen molar-refractivity contribution in [2.24, 2.45) is 0 Å². The summed E-state index contributed by atoms with van der Waals surface area (Å²) in [5.41, 5.74) is 0.885. The van der Waals surface area contributed by atoms with Gasteiger partial charge in [0.25, 0.3) is 0 Å². The highest BCUT2D eigenvalue weighted by Crippen LogP contribution is 2.15. The van der Waals surface area contributed by atoms with Gasteiger partial charge in [-0.15, -0.1) is 0 Å². The number of hydrogen-bond acceptors (Lipinski definition) is 3. The predicted octanol–water partition coefficient (Wildman–Crippen LogP) is 4.34. The number of hydrogen-bond donors (Lipinski definition) is 1. The number of rotatable bonds is 1. The lowest BCUT2D eigenvalue weighted by atomic mass is 10.1. The Bertz CT molecular complexity index is 729. The number of carboxylic acid groups (broad SMARTS) is 1. The Morgan fingerprint density at radius 1 is 0.952 bits per heavy atom. The van der Waals surface area contributed by atoms with Crippen LogP contribution in [0.4, 0.5) is 0 Å². The van der Waals surface area contributed by atoms with E-state index >= 15 is 0 Å². The summed E-state index contributed by atoms with van der Waals surface area (Å²) in [5.74, 6) is -1.09. The van der Waals surface area contributed by atoms with Crippen LogP contribution in [0, 0.1) is 22.7 Å². The third-order valence-corrected chi connectivity index (χ3v) is 3.33. The van der Waals surface area contributed by atoms with Gasteiger partial charge in [-0.1, -0.05) is 31.9 Å². The third-order valence-electron chi connectivity index (χ3n) is 2.31. The monoisotopic (exact) mass is 406 g/mol. The maximum Gasteiger partial charge on any atom is 0.337 e. The number of benzene rings is 2. The molecule has 0 aliphatic carbocycles. The van der Waals surface area contributed by atoms with E-state index in [1.165, 1.54) is 12.1 Å². The van der Waals surface area contributed by atoms with Crippen molar-refractivity contribution < 1.29 is 9.90 Å². The van der Waals surface area contributed by atoms with Crippen molar-refractivity contribution in [1.82, 2.24) is 0 Å². The molecule has 1 N–H and O–H groups in total. The van der Waals surface area contributed by atoms with Crippen LogP contribution in [0.1, 0.15) is 21.5 Å². The summed E-state index contributed by atoms with van der Waals surface area (Å²) in [4.78, 5) is 10.6. The van der Waals surface area contributed by atoms with Gasteiger partial charge >= 0.3 is 5.97 Å². The van der Waals surface area contributed by atoms with Crippen LogP contribution < -0.4 is 0 Å². The van der Waals surface area contributed by atoms with E-state index in [1.54, 1.807) is 24.3 Å². The first-order valence-electron chi connectivity index (χ1n) is 5.56. The fourth-order valence-corrected chi connectivity index (χ4v) is 1.94. The molecule has 21 heavy (non-hydrogen) atoms. The molecule has 0 aliphatic rings. The minimum atomic E-state index is -1.09. The summed E-state index contributed by atoms with van der Waals surface area (Å²) in [5, 5.41) is 25.5. The molecule has 0 saturated carbocycles. The Morgan fingerprint density at radius 2 is 1.52 bits per heavy atom. The van der Waals surface area contributed by atoms with Crippen molar-refractivity contribution in [3.8, 4) is 12.1 Å². The van der Waals surface area contributed by atoms with Crippen molar-refractivity contribution in [3.05, 3.63) is 68.1 Å². The first-order valence-corrected chi connectivity index (χ1v) is 7.15. The van der Waals surface area contributed by atoms with E-state index in [0.717, 1.165) is 4.47 Å². The molecule has 0 spiro atoms. The van der Waals surface area contributed by atoms with Gasteiger partial charge in [-0.2, -0.15) is 10.5 Å². The van der Waals surface area contributed by atoms with Gasteiger partial charge in [0.2, 0.25) is 0 Å². The van der Waals surface area contributed by atoms with Crippen molar-refractivity contribution in [3.63, 3.8) is 0 Å². The minimum absolute atomic E-state index is 0.0203. The normalized spacial score (nSPS) is 8.76. The standard InChI is InChI=1S/C8H4BrNO2.C7H4BrN/c9-6-2-1-5(4-10)7(3-6)8(11)12;8-7-3-1-6(5-9)2-4-7/h1-3H,(H,11,12);1-4H. The quantitative estimate of drug-likeness (QED) is 0.761. The zero-order chi connectivity index (χ0) is 15.8. The molecule has 0 aromatic heterocycles. The van der Waals surface area contributed by atoms with Gasteiger partial charge in [0.1, 0.15) is 6.07 Å². The van der Waals surface area contributed by atoms with Crippen LogP contribution in [0.3, 0.4) is 0 Å². The van der Waals surface area contributed by atoms with Gasteiger partial charge in [0, 0.05) is 8.95 Å². The van der Waals surface area contributed by atoms with E-state index in [4.69, 9.17) is 15.6 Å². The molecule has 0 heterocycles. The van der Waals surface area contributed by atoms with E-state index < -0.39 is 5.97 Å². The van der Waals surface area contributed by atoms with Gasteiger partial charge in [-0.05, 0) is 42.5 Å². The molecule has 104 valence electrons. The van der Waals surface area contributed by atoms with Crippen LogP contribution >= 0.6 is 31.9 Å². The third kappa shape index (κ3) is 5.39. The molecule has 0 atom stereocenters. The average Bonchev–Trinajstić information content (AvgIpc) is 2.48. The minimum Gasteiger partial charge on any atom is -0.478 e. The highest BCUT2D eigenvalue weighted by Gasteiger charge is 2.09. The first kappa shape index (κ1) is 16.9. The molecule has 0 fully saturated rings. The summed E-state index contributed by atoms with van der Waals surface area (Å²) in [6, 6.07) is 15.6. The number of nitriles is 2. The second-order valence-electron chi connectivity index (χ2n) is 3.73. The largest absolute Gasteiger partial charge is 0.478 e. The SMILES string of the molecule is N#Cc1ccc(Br)cc1.N#Cc1ccc(Br)cc1C(=O)O. The van der Waals surface area contributed by atoms with Crippen LogP contribution in [0.25, 0.3) is 0 Å². The Kier molecular flexibility index (Phi) is 6.61. The first-order chi connectivity index (χ1) is 9.97. The fraction of sp³-hybridized carbons (Fsp3) is 0. The molecular weight excluding hydrogens is 400 g/mol. The van der Waals surface area contributed by atoms with Gasteiger partial charge in [-0.25, -0.2) is 4.79 Å². The summed E-state index contributed by atoms with van der Waals surface area (Å²) in [6.07, 6.45) is 0. The Hall–Kier alpha value is -2.15. The molecule has 0 unspecified atom stereocenters. The van der Waals surface area contributed by atoms with Crippen molar-refractivity contribution in [2.45, 2.75) is 0 Å². The van der Waals surface area contributed by atoms with Crippen molar-refractivity contribution in [1.29, 1.82) is 10.5 Å². The summed E-state index contributed by atoms with van der Waals surface area (Å²) in [6.45, 7) is 0. The van der Waals surface area contributed by atoms with Gasteiger partial charge < -0.3 is 5.11 Å². The summed E-state index contributed by atoms with van der Waals surface area (Å²) < 4.78 is 1.65. The zero-order valence-corrected chi connectivity index (χ0v) is 13.7. The predicted molar refractivity (Wildman–Crippen MR) is 84.7 cm³/mol. The number of carboxylic acids is 1. The lowest BCUT2D eigenvalue weighted by Crippen LogP contribution is -1.99. The maximum absolute atomic E-state index is 10.6. The molecular formula is C15H8Br2N2O2. The Balaban J connectivity index is 0.000000219. The molecule has 6 heteroatoms. The zero-order valence-electron chi connectivity index (χ0n) is 10.5. The van der Waals surface area contributed by atoms with Crippen LogP contribution in [-0.2, 0) is 0 Å². The highest BCUT2D eigenvalue weighted by molar-refractivity contribution is 9.10. The van der Waals surface area contributed by atoms with E-state index in [2.05, 4.69) is 31.9 Å². The van der Waals surface area contributed by atoms with Crippen molar-refractivity contribution in [2.75, 3.05) is 0 Å². The maximum atomic E-state index is 10.6. The highest BCUT2D eigenvalue weighted by atomic mass is 79.9. The summed E-state index contributed by atoms with van der Waals surface area (Å²) in [7, 11) is 0. The molecule has 0 saturated heterocycles. The van der Waals surface area contributed by atoms with Crippen LogP contribution in [0.15, 0.2) is 51.4 Å². The van der Waals surface area contributed by atoms with E-state index in [9.17, 15) is 4.79 Å². The van der Waals surface area contributed by atoms with Gasteiger partial charge in [-0.3, -0.25) is 0 Å².